The molecule has 4 rings (SSSR count). The number of hydrogen-bond donors (Lipinski definition) is 0. The molecule has 8 heteroatoms. The molecular formula is C24H25FN2O4S. The second kappa shape index (κ2) is 8.88. The van der Waals surface area contributed by atoms with Gasteiger partial charge in [0, 0.05) is 26.2 Å². The molecule has 0 N–H and O–H groups in total. The highest BCUT2D eigenvalue weighted by atomic mass is 32.2. The first-order valence-corrected chi connectivity index (χ1v) is 11.9. The monoisotopic (exact) mass is 456 g/mol. The van der Waals surface area contributed by atoms with Crippen molar-refractivity contribution < 1.29 is 22.3 Å². The van der Waals surface area contributed by atoms with Crippen molar-refractivity contribution in [2.45, 2.75) is 17.7 Å². The normalized spacial score (nSPS) is 16.2. The zero-order valence-electron chi connectivity index (χ0n) is 18.0. The summed E-state index contributed by atoms with van der Waals surface area (Å²) < 4.78 is 45.3. The summed E-state index contributed by atoms with van der Waals surface area (Å²) in [7, 11) is -2.09. The minimum absolute atomic E-state index is 0.0308. The summed E-state index contributed by atoms with van der Waals surface area (Å²) in [4.78, 5) is 14.9. The number of methoxy groups -OCH3 is 1. The van der Waals surface area contributed by atoms with E-state index < -0.39 is 15.8 Å². The van der Waals surface area contributed by atoms with Crippen LogP contribution in [-0.4, -0.2) is 56.8 Å². The number of halogens is 1. The van der Waals surface area contributed by atoms with E-state index in [1.807, 2.05) is 43.3 Å². The van der Waals surface area contributed by atoms with Crippen LogP contribution in [0.4, 0.5) is 4.39 Å². The Labute approximate surface area is 187 Å². The molecule has 0 aliphatic carbocycles. The highest BCUT2D eigenvalue weighted by Crippen LogP contribution is 2.27. The van der Waals surface area contributed by atoms with Gasteiger partial charge in [-0.3, -0.25) is 4.79 Å². The van der Waals surface area contributed by atoms with Crippen molar-refractivity contribution in [2.75, 3.05) is 33.3 Å². The lowest BCUT2D eigenvalue weighted by Gasteiger charge is -2.35. The summed E-state index contributed by atoms with van der Waals surface area (Å²) in [6, 6.07) is 16.5. The van der Waals surface area contributed by atoms with Crippen molar-refractivity contribution in [1.82, 2.24) is 9.21 Å². The van der Waals surface area contributed by atoms with Gasteiger partial charge in [-0.1, -0.05) is 24.3 Å². The third kappa shape index (κ3) is 4.33. The van der Waals surface area contributed by atoms with E-state index in [2.05, 4.69) is 0 Å². The van der Waals surface area contributed by atoms with Crippen LogP contribution < -0.4 is 4.74 Å². The van der Waals surface area contributed by atoms with Gasteiger partial charge < -0.3 is 9.64 Å². The number of benzene rings is 3. The van der Waals surface area contributed by atoms with Gasteiger partial charge in [0.15, 0.2) is 0 Å². The standard InChI is InChI=1S/C24H25FN2O4S/c1-17(18-3-4-20-16-22(31-2)8-5-19(20)15-18)24(28)26-11-13-27(14-12-26)32(29,30)23-9-6-21(25)7-10-23/h3-10,15-17H,11-14H2,1-2H3/t17-/m1/s1. The first kappa shape index (κ1) is 22.2. The number of sulfonamides is 1. The molecule has 0 saturated carbocycles. The number of rotatable bonds is 5. The van der Waals surface area contributed by atoms with Gasteiger partial charge in [-0.05, 0) is 59.7 Å². The smallest absolute Gasteiger partial charge is 0.243 e. The fourth-order valence-electron chi connectivity index (χ4n) is 3.96. The topological polar surface area (TPSA) is 66.9 Å². The second-order valence-corrected chi connectivity index (χ2v) is 9.82. The molecule has 32 heavy (non-hydrogen) atoms. The highest BCUT2D eigenvalue weighted by Gasteiger charge is 2.31. The molecule has 6 nitrogen and oxygen atoms in total. The summed E-state index contributed by atoms with van der Waals surface area (Å²) in [6.45, 7) is 2.91. The number of carbonyl (C=O) groups is 1. The quantitative estimate of drug-likeness (QED) is 0.588. The Balaban J connectivity index is 1.43. The molecule has 1 aliphatic heterocycles. The Hall–Kier alpha value is -2.97. The molecule has 1 atom stereocenters. The van der Waals surface area contributed by atoms with Crippen molar-refractivity contribution in [1.29, 1.82) is 0 Å². The largest absolute Gasteiger partial charge is 0.497 e. The van der Waals surface area contributed by atoms with Crippen LogP contribution in [0.5, 0.6) is 5.75 Å². The van der Waals surface area contributed by atoms with E-state index in [0.717, 1.165) is 34.2 Å². The summed E-state index contributed by atoms with van der Waals surface area (Å²) in [6.07, 6.45) is 0. The van der Waals surface area contributed by atoms with E-state index in [9.17, 15) is 17.6 Å². The van der Waals surface area contributed by atoms with Crippen molar-refractivity contribution in [3.8, 4) is 5.75 Å². The Bertz CT molecular complexity index is 1240. The number of carbonyl (C=O) groups excluding carboxylic acids is 1. The number of ether oxygens (including phenoxy) is 1. The van der Waals surface area contributed by atoms with Gasteiger partial charge in [0.2, 0.25) is 15.9 Å². The SMILES string of the molecule is COc1ccc2cc([C@@H](C)C(=O)N3CCN(S(=O)(=O)c4ccc(F)cc4)CC3)ccc2c1. The molecule has 0 bridgehead atoms. The van der Waals surface area contributed by atoms with Crippen molar-refractivity contribution in [3.63, 3.8) is 0 Å². The van der Waals surface area contributed by atoms with E-state index in [-0.39, 0.29) is 29.8 Å². The fraction of sp³-hybridized carbons (Fsp3) is 0.292. The molecule has 3 aromatic rings. The van der Waals surface area contributed by atoms with Gasteiger partial charge in [-0.15, -0.1) is 0 Å². The maximum Gasteiger partial charge on any atom is 0.243 e. The number of fused-ring (bicyclic) bond motifs is 1. The van der Waals surface area contributed by atoms with Crippen LogP contribution in [0.25, 0.3) is 10.8 Å². The molecule has 1 aliphatic rings. The van der Waals surface area contributed by atoms with Gasteiger partial charge >= 0.3 is 0 Å². The molecule has 168 valence electrons. The minimum Gasteiger partial charge on any atom is -0.497 e. The lowest BCUT2D eigenvalue weighted by Crippen LogP contribution is -2.51. The predicted molar refractivity (Wildman–Crippen MR) is 121 cm³/mol. The van der Waals surface area contributed by atoms with Gasteiger partial charge in [-0.25, -0.2) is 12.8 Å². The maximum atomic E-state index is 13.1. The molecule has 1 fully saturated rings. The third-order valence-electron chi connectivity index (χ3n) is 5.94. The van der Waals surface area contributed by atoms with Crippen molar-refractivity contribution in [2.24, 2.45) is 0 Å². The van der Waals surface area contributed by atoms with Gasteiger partial charge in [0.1, 0.15) is 11.6 Å². The summed E-state index contributed by atoms with van der Waals surface area (Å²) in [5, 5.41) is 2.06. The minimum atomic E-state index is -3.71. The first-order valence-electron chi connectivity index (χ1n) is 10.4. The summed E-state index contributed by atoms with van der Waals surface area (Å²) in [5.74, 6) is -0.0810. The van der Waals surface area contributed by atoms with Gasteiger partial charge in [0.25, 0.3) is 0 Å². The van der Waals surface area contributed by atoms with E-state index in [1.54, 1.807) is 12.0 Å². The van der Waals surface area contributed by atoms with Crippen LogP contribution in [0.2, 0.25) is 0 Å². The number of hydrogen-bond acceptors (Lipinski definition) is 4. The number of amides is 1. The average Bonchev–Trinajstić information content (AvgIpc) is 2.82. The first-order chi connectivity index (χ1) is 15.3. The molecule has 1 saturated heterocycles. The van der Waals surface area contributed by atoms with Gasteiger partial charge in [-0.2, -0.15) is 4.31 Å². The number of piperazine rings is 1. The van der Waals surface area contributed by atoms with Crippen LogP contribution in [0.1, 0.15) is 18.4 Å². The maximum absolute atomic E-state index is 13.1. The van der Waals surface area contributed by atoms with Crippen LogP contribution in [0.15, 0.2) is 65.6 Å². The van der Waals surface area contributed by atoms with E-state index in [0.29, 0.717) is 13.1 Å². The molecule has 0 spiro atoms. The van der Waals surface area contributed by atoms with Crippen LogP contribution >= 0.6 is 0 Å². The van der Waals surface area contributed by atoms with Crippen LogP contribution in [0, 0.1) is 5.82 Å². The molecule has 0 radical (unpaired) electrons. The van der Waals surface area contributed by atoms with Gasteiger partial charge in [0.05, 0.1) is 17.9 Å². The Morgan fingerprint density at radius 2 is 1.56 bits per heavy atom. The highest BCUT2D eigenvalue weighted by molar-refractivity contribution is 7.89. The summed E-state index contributed by atoms with van der Waals surface area (Å²) in [5.41, 5.74) is 0.911. The van der Waals surface area contributed by atoms with Crippen LogP contribution in [0.3, 0.4) is 0 Å². The van der Waals surface area contributed by atoms with Crippen molar-refractivity contribution >= 4 is 26.7 Å². The molecule has 1 amide bonds. The Morgan fingerprint density at radius 1 is 0.938 bits per heavy atom. The molecule has 0 unspecified atom stereocenters. The molecule has 0 aromatic heterocycles. The lowest BCUT2D eigenvalue weighted by atomic mass is 9.96. The Morgan fingerprint density at radius 3 is 2.22 bits per heavy atom. The van der Waals surface area contributed by atoms with Crippen molar-refractivity contribution in [3.05, 3.63) is 72.0 Å². The second-order valence-electron chi connectivity index (χ2n) is 7.88. The molecule has 3 aromatic carbocycles. The zero-order valence-corrected chi connectivity index (χ0v) is 18.8. The average molecular weight is 457 g/mol. The zero-order chi connectivity index (χ0) is 22.9. The third-order valence-corrected chi connectivity index (χ3v) is 7.86. The lowest BCUT2D eigenvalue weighted by molar-refractivity contribution is -0.133. The van der Waals surface area contributed by atoms with E-state index in [1.165, 1.54) is 16.4 Å². The van der Waals surface area contributed by atoms with Crippen LogP contribution in [-0.2, 0) is 14.8 Å². The summed E-state index contributed by atoms with van der Waals surface area (Å²) >= 11 is 0. The fourth-order valence-corrected chi connectivity index (χ4v) is 5.38. The number of nitrogens with zero attached hydrogens (tertiary/aromatic N) is 2. The Kier molecular flexibility index (Phi) is 6.17. The van der Waals surface area contributed by atoms with E-state index in [4.69, 9.17) is 4.74 Å². The molecule has 1 heterocycles. The predicted octanol–water partition coefficient (Wildman–Crippen LogP) is 3.62. The van der Waals surface area contributed by atoms with E-state index >= 15 is 0 Å². The molecular weight excluding hydrogens is 431 g/mol.